The van der Waals surface area contributed by atoms with E-state index in [9.17, 15) is 4.79 Å². The Morgan fingerprint density at radius 3 is 2.38 bits per heavy atom. The number of halogens is 2. The van der Waals surface area contributed by atoms with E-state index in [0.717, 1.165) is 5.56 Å². The van der Waals surface area contributed by atoms with Gasteiger partial charge in [0.15, 0.2) is 5.16 Å². The van der Waals surface area contributed by atoms with Crippen molar-refractivity contribution in [3.8, 4) is 22.4 Å². The van der Waals surface area contributed by atoms with Crippen LogP contribution in [0.15, 0.2) is 52.7 Å². The average molecular weight is 378 g/mol. The summed E-state index contributed by atoms with van der Waals surface area (Å²) in [5, 5.41) is 1.47. The van der Waals surface area contributed by atoms with Crippen molar-refractivity contribution in [1.29, 1.82) is 0 Å². The standard InChI is InChI=1S/C17H13Cl2N3OS/c1-22-16(23)14(11-3-4-12(18)13(19)9-11)15(21-17(22)24-2)10-5-7-20-8-6-10/h3-9H,1-2H3. The summed E-state index contributed by atoms with van der Waals surface area (Å²) in [6.07, 6.45) is 5.23. The van der Waals surface area contributed by atoms with Gasteiger partial charge in [0.25, 0.3) is 5.56 Å². The lowest BCUT2D eigenvalue weighted by atomic mass is 10.0. The lowest BCUT2D eigenvalue weighted by molar-refractivity contribution is 0.715. The second-order valence-corrected chi connectivity index (χ2v) is 6.64. The molecule has 0 fully saturated rings. The van der Waals surface area contributed by atoms with Gasteiger partial charge in [-0.05, 0) is 36.1 Å². The highest BCUT2D eigenvalue weighted by Gasteiger charge is 2.18. The largest absolute Gasteiger partial charge is 0.290 e. The first-order valence-corrected chi connectivity index (χ1v) is 9.02. The van der Waals surface area contributed by atoms with Gasteiger partial charge in [0.05, 0.1) is 21.3 Å². The normalized spacial score (nSPS) is 10.8. The van der Waals surface area contributed by atoms with E-state index in [1.54, 1.807) is 37.6 Å². The molecule has 0 radical (unpaired) electrons. The van der Waals surface area contributed by atoms with Crippen LogP contribution >= 0.6 is 35.0 Å². The fraction of sp³-hybridized carbons (Fsp3) is 0.118. The van der Waals surface area contributed by atoms with Crippen LogP contribution < -0.4 is 5.56 Å². The van der Waals surface area contributed by atoms with Crippen LogP contribution in [0.1, 0.15) is 0 Å². The molecule has 7 heteroatoms. The van der Waals surface area contributed by atoms with Crippen LogP contribution in [0.25, 0.3) is 22.4 Å². The van der Waals surface area contributed by atoms with E-state index in [0.29, 0.717) is 32.0 Å². The number of hydrogen-bond acceptors (Lipinski definition) is 4. The van der Waals surface area contributed by atoms with Gasteiger partial charge in [0.2, 0.25) is 0 Å². The minimum atomic E-state index is -0.139. The Labute approximate surface area is 153 Å². The van der Waals surface area contributed by atoms with Gasteiger partial charge in [0.1, 0.15) is 0 Å². The molecule has 1 aromatic carbocycles. The van der Waals surface area contributed by atoms with E-state index < -0.39 is 0 Å². The van der Waals surface area contributed by atoms with Crippen LogP contribution in [0, 0.1) is 0 Å². The van der Waals surface area contributed by atoms with Gasteiger partial charge in [-0.1, -0.05) is 41.0 Å². The summed E-state index contributed by atoms with van der Waals surface area (Å²) in [7, 11) is 1.71. The van der Waals surface area contributed by atoms with E-state index in [4.69, 9.17) is 23.2 Å². The molecule has 0 N–H and O–H groups in total. The molecule has 0 atom stereocenters. The molecule has 0 aliphatic heterocycles. The van der Waals surface area contributed by atoms with Crippen molar-refractivity contribution in [2.75, 3.05) is 6.26 Å². The number of thioether (sulfide) groups is 1. The van der Waals surface area contributed by atoms with Gasteiger partial charge in [-0.15, -0.1) is 0 Å². The molecular formula is C17H13Cl2N3OS. The second kappa shape index (κ2) is 6.97. The highest BCUT2D eigenvalue weighted by Crippen LogP contribution is 2.32. The number of benzene rings is 1. The molecule has 24 heavy (non-hydrogen) atoms. The summed E-state index contributed by atoms with van der Waals surface area (Å²) in [5.41, 5.74) is 2.44. The molecule has 0 saturated heterocycles. The number of hydrogen-bond donors (Lipinski definition) is 0. The maximum Gasteiger partial charge on any atom is 0.262 e. The SMILES string of the molecule is CSc1nc(-c2ccncc2)c(-c2ccc(Cl)c(Cl)c2)c(=O)n1C. The maximum absolute atomic E-state index is 13.0. The zero-order valence-electron chi connectivity index (χ0n) is 13.0. The molecular weight excluding hydrogens is 365 g/mol. The molecule has 0 bridgehead atoms. The van der Waals surface area contributed by atoms with E-state index in [2.05, 4.69) is 9.97 Å². The fourth-order valence-electron chi connectivity index (χ4n) is 2.40. The Bertz CT molecular complexity index is 958. The van der Waals surface area contributed by atoms with Gasteiger partial charge >= 0.3 is 0 Å². The van der Waals surface area contributed by atoms with E-state index >= 15 is 0 Å². The Hall–Kier alpha value is -1.82. The molecule has 0 aliphatic rings. The minimum absolute atomic E-state index is 0.139. The smallest absolute Gasteiger partial charge is 0.262 e. The summed E-state index contributed by atoms with van der Waals surface area (Å²) in [6.45, 7) is 0. The zero-order valence-corrected chi connectivity index (χ0v) is 15.3. The molecule has 3 rings (SSSR count). The molecule has 3 aromatic rings. The van der Waals surface area contributed by atoms with Gasteiger partial charge in [-0.25, -0.2) is 4.98 Å². The summed E-state index contributed by atoms with van der Waals surface area (Å²) < 4.78 is 1.53. The monoisotopic (exact) mass is 377 g/mol. The lowest BCUT2D eigenvalue weighted by Gasteiger charge is -2.14. The number of nitrogens with zero attached hydrogens (tertiary/aromatic N) is 3. The van der Waals surface area contributed by atoms with Crippen LogP contribution in [0.3, 0.4) is 0 Å². The molecule has 0 aliphatic carbocycles. The first kappa shape index (κ1) is 17.0. The maximum atomic E-state index is 13.0. The summed E-state index contributed by atoms with van der Waals surface area (Å²) in [5.74, 6) is 0. The van der Waals surface area contributed by atoms with Crippen LogP contribution in [0.2, 0.25) is 10.0 Å². The van der Waals surface area contributed by atoms with E-state index in [1.807, 2.05) is 18.4 Å². The van der Waals surface area contributed by atoms with E-state index in [-0.39, 0.29) is 5.56 Å². The first-order chi connectivity index (χ1) is 11.5. The third kappa shape index (κ3) is 3.07. The van der Waals surface area contributed by atoms with Crippen molar-refractivity contribution in [2.24, 2.45) is 7.05 Å². The lowest BCUT2D eigenvalue weighted by Crippen LogP contribution is -2.22. The Kier molecular flexibility index (Phi) is 4.94. The van der Waals surface area contributed by atoms with Gasteiger partial charge in [0, 0.05) is 25.0 Å². The van der Waals surface area contributed by atoms with E-state index in [1.165, 1.54) is 16.3 Å². The minimum Gasteiger partial charge on any atom is -0.290 e. The van der Waals surface area contributed by atoms with Crippen molar-refractivity contribution in [3.05, 3.63) is 63.1 Å². The Morgan fingerprint density at radius 1 is 1.04 bits per heavy atom. The molecule has 0 saturated carbocycles. The third-order valence-electron chi connectivity index (χ3n) is 3.59. The van der Waals surface area contributed by atoms with Crippen LogP contribution in [-0.2, 0) is 7.05 Å². The highest BCUT2D eigenvalue weighted by molar-refractivity contribution is 7.98. The zero-order chi connectivity index (χ0) is 17.3. The molecule has 0 unspecified atom stereocenters. The van der Waals surface area contributed by atoms with Crippen molar-refractivity contribution >= 4 is 35.0 Å². The molecule has 0 amide bonds. The fourth-order valence-corrected chi connectivity index (χ4v) is 3.23. The van der Waals surface area contributed by atoms with Crippen LogP contribution in [-0.4, -0.2) is 20.8 Å². The predicted molar refractivity (Wildman–Crippen MR) is 99.9 cm³/mol. The van der Waals surface area contributed by atoms with Gasteiger partial charge in [-0.3, -0.25) is 14.3 Å². The van der Waals surface area contributed by atoms with Crippen molar-refractivity contribution in [2.45, 2.75) is 5.16 Å². The third-order valence-corrected chi connectivity index (χ3v) is 5.06. The summed E-state index contributed by atoms with van der Waals surface area (Å²) >= 11 is 13.6. The number of rotatable bonds is 3. The topological polar surface area (TPSA) is 47.8 Å². The molecule has 2 heterocycles. The predicted octanol–water partition coefficient (Wildman–Crippen LogP) is 4.54. The summed E-state index contributed by atoms with van der Waals surface area (Å²) in [4.78, 5) is 21.7. The van der Waals surface area contributed by atoms with Crippen molar-refractivity contribution in [1.82, 2.24) is 14.5 Å². The molecule has 122 valence electrons. The van der Waals surface area contributed by atoms with Gasteiger partial charge in [-0.2, -0.15) is 0 Å². The van der Waals surface area contributed by atoms with Crippen LogP contribution in [0.5, 0.6) is 0 Å². The van der Waals surface area contributed by atoms with Crippen molar-refractivity contribution in [3.63, 3.8) is 0 Å². The highest BCUT2D eigenvalue weighted by atomic mass is 35.5. The first-order valence-electron chi connectivity index (χ1n) is 7.03. The van der Waals surface area contributed by atoms with Gasteiger partial charge < -0.3 is 0 Å². The van der Waals surface area contributed by atoms with Crippen molar-refractivity contribution < 1.29 is 0 Å². The number of aromatic nitrogens is 3. The Morgan fingerprint density at radius 2 is 1.75 bits per heavy atom. The molecule has 4 nitrogen and oxygen atoms in total. The molecule has 2 aromatic heterocycles. The average Bonchev–Trinajstić information content (AvgIpc) is 2.60. The summed E-state index contributed by atoms with van der Waals surface area (Å²) in [6, 6.07) is 8.79. The Balaban J connectivity index is 2.37. The molecule has 0 spiro atoms. The number of pyridine rings is 1. The van der Waals surface area contributed by atoms with Crippen LogP contribution in [0.4, 0.5) is 0 Å². The second-order valence-electron chi connectivity index (χ2n) is 5.05. The quantitative estimate of drug-likeness (QED) is 0.496.